The standard InChI is InChI=1S/C11H18N2O/c1-10(2,11(3,4)14)13-9-7-5-6-8-12-9/h5-8,14H,1-4H3,(H,12,13). The maximum Gasteiger partial charge on any atom is 0.126 e. The minimum Gasteiger partial charge on any atom is -0.388 e. The molecule has 3 nitrogen and oxygen atoms in total. The molecule has 0 aliphatic heterocycles. The predicted molar refractivity (Wildman–Crippen MR) is 58.2 cm³/mol. The SMILES string of the molecule is CC(C)(O)C(C)(C)Nc1ccccn1. The zero-order chi connectivity index (χ0) is 10.8. The smallest absolute Gasteiger partial charge is 0.126 e. The summed E-state index contributed by atoms with van der Waals surface area (Å²) in [7, 11) is 0. The molecule has 0 saturated carbocycles. The number of hydrogen-bond acceptors (Lipinski definition) is 3. The van der Waals surface area contributed by atoms with Gasteiger partial charge in [0.1, 0.15) is 5.82 Å². The molecule has 0 radical (unpaired) electrons. The average molecular weight is 194 g/mol. The first-order valence-electron chi connectivity index (χ1n) is 4.74. The van der Waals surface area contributed by atoms with E-state index in [4.69, 9.17) is 0 Å². The zero-order valence-electron chi connectivity index (χ0n) is 9.20. The van der Waals surface area contributed by atoms with Crippen LogP contribution in [0, 0.1) is 0 Å². The van der Waals surface area contributed by atoms with E-state index in [1.165, 1.54) is 0 Å². The molecule has 14 heavy (non-hydrogen) atoms. The van der Waals surface area contributed by atoms with E-state index >= 15 is 0 Å². The van der Waals surface area contributed by atoms with Crippen LogP contribution < -0.4 is 5.32 Å². The molecule has 1 aromatic heterocycles. The Morgan fingerprint density at radius 3 is 2.29 bits per heavy atom. The molecule has 0 unspecified atom stereocenters. The molecule has 1 rings (SSSR count). The lowest BCUT2D eigenvalue weighted by molar-refractivity contribution is 0.0239. The molecule has 0 aliphatic carbocycles. The summed E-state index contributed by atoms with van der Waals surface area (Å²) in [5.41, 5.74) is -1.22. The fraction of sp³-hybridized carbons (Fsp3) is 0.545. The molecule has 78 valence electrons. The van der Waals surface area contributed by atoms with Gasteiger partial charge in [-0.1, -0.05) is 6.07 Å². The molecule has 0 bridgehead atoms. The van der Waals surface area contributed by atoms with Crippen molar-refractivity contribution in [3.63, 3.8) is 0 Å². The Labute approximate surface area is 85.2 Å². The third kappa shape index (κ3) is 2.45. The maximum atomic E-state index is 9.92. The maximum absolute atomic E-state index is 9.92. The Balaban J connectivity index is 2.79. The van der Waals surface area contributed by atoms with Gasteiger partial charge in [0.15, 0.2) is 0 Å². The molecule has 0 atom stereocenters. The summed E-state index contributed by atoms with van der Waals surface area (Å²) in [5, 5.41) is 13.1. The largest absolute Gasteiger partial charge is 0.388 e. The molecule has 0 amide bonds. The second-order valence-corrected chi connectivity index (χ2v) is 4.52. The van der Waals surface area contributed by atoms with Crippen molar-refractivity contribution in [2.45, 2.75) is 38.8 Å². The summed E-state index contributed by atoms with van der Waals surface area (Å²) in [6.07, 6.45) is 1.72. The van der Waals surface area contributed by atoms with Crippen molar-refractivity contribution >= 4 is 5.82 Å². The van der Waals surface area contributed by atoms with Gasteiger partial charge in [0.25, 0.3) is 0 Å². The second kappa shape index (κ2) is 3.58. The molecule has 0 aliphatic rings. The highest BCUT2D eigenvalue weighted by Crippen LogP contribution is 2.24. The van der Waals surface area contributed by atoms with E-state index in [1.54, 1.807) is 20.0 Å². The molecule has 2 N–H and O–H groups in total. The van der Waals surface area contributed by atoms with Gasteiger partial charge in [0.05, 0.1) is 11.1 Å². The molecular formula is C11H18N2O. The molecule has 0 spiro atoms. The lowest BCUT2D eigenvalue weighted by Crippen LogP contribution is -2.51. The predicted octanol–water partition coefficient (Wildman–Crippen LogP) is 2.04. The number of nitrogens with one attached hydrogen (secondary N) is 1. The lowest BCUT2D eigenvalue weighted by atomic mass is 9.86. The number of aromatic nitrogens is 1. The van der Waals surface area contributed by atoms with Crippen LogP contribution in [-0.2, 0) is 0 Å². The van der Waals surface area contributed by atoms with Gasteiger partial charge in [0, 0.05) is 6.20 Å². The summed E-state index contributed by atoms with van der Waals surface area (Å²) in [6, 6.07) is 5.66. The van der Waals surface area contributed by atoms with Crippen molar-refractivity contribution in [2.75, 3.05) is 5.32 Å². The van der Waals surface area contributed by atoms with Crippen LogP contribution in [-0.4, -0.2) is 21.2 Å². The minimum absolute atomic E-state index is 0.415. The highest BCUT2D eigenvalue weighted by atomic mass is 16.3. The summed E-state index contributed by atoms with van der Waals surface area (Å²) in [5.74, 6) is 0.777. The van der Waals surface area contributed by atoms with Crippen molar-refractivity contribution in [1.82, 2.24) is 4.98 Å². The van der Waals surface area contributed by atoms with Crippen molar-refractivity contribution in [3.8, 4) is 0 Å². The summed E-state index contributed by atoms with van der Waals surface area (Å²) in [6.45, 7) is 7.45. The highest BCUT2D eigenvalue weighted by molar-refractivity contribution is 5.37. The van der Waals surface area contributed by atoms with Gasteiger partial charge in [-0.3, -0.25) is 0 Å². The van der Waals surface area contributed by atoms with Crippen molar-refractivity contribution < 1.29 is 5.11 Å². The van der Waals surface area contributed by atoms with E-state index in [9.17, 15) is 5.11 Å². The Kier molecular flexibility index (Phi) is 2.81. The van der Waals surface area contributed by atoms with Gasteiger partial charge < -0.3 is 10.4 Å². The summed E-state index contributed by atoms with van der Waals surface area (Å²) >= 11 is 0. The molecular weight excluding hydrogens is 176 g/mol. The van der Waals surface area contributed by atoms with Crippen LogP contribution in [0.2, 0.25) is 0 Å². The van der Waals surface area contributed by atoms with Crippen molar-refractivity contribution in [2.24, 2.45) is 0 Å². The first kappa shape index (κ1) is 11.0. The van der Waals surface area contributed by atoms with Crippen LogP contribution in [0.5, 0.6) is 0 Å². The number of aliphatic hydroxyl groups is 1. The van der Waals surface area contributed by atoms with Crippen LogP contribution in [0.1, 0.15) is 27.7 Å². The van der Waals surface area contributed by atoms with E-state index in [1.807, 2.05) is 32.0 Å². The quantitative estimate of drug-likeness (QED) is 0.774. The molecule has 1 aromatic rings. The number of hydrogen-bond donors (Lipinski definition) is 2. The van der Waals surface area contributed by atoms with Gasteiger partial charge in [-0.05, 0) is 39.8 Å². The van der Waals surface area contributed by atoms with Crippen LogP contribution in [0.15, 0.2) is 24.4 Å². The topological polar surface area (TPSA) is 45.1 Å². The van der Waals surface area contributed by atoms with Gasteiger partial charge in [0.2, 0.25) is 0 Å². The van der Waals surface area contributed by atoms with Crippen LogP contribution in [0.4, 0.5) is 5.82 Å². The van der Waals surface area contributed by atoms with Gasteiger partial charge in [-0.25, -0.2) is 4.98 Å². The van der Waals surface area contributed by atoms with E-state index in [2.05, 4.69) is 10.3 Å². The number of anilines is 1. The van der Waals surface area contributed by atoms with E-state index in [0.717, 1.165) is 5.82 Å². The van der Waals surface area contributed by atoms with Gasteiger partial charge in [-0.2, -0.15) is 0 Å². The minimum atomic E-state index is -0.801. The number of rotatable bonds is 3. The first-order chi connectivity index (χ1) is 6.33. The Bertz CT molecular complexity index is 288. The average Bonchev–Trinajstić information content (AvgIpc) is 2.03. The molecule has 1 heterocycles. The van der Waals surface area contributed by atoms with E-state index in [-0.39, 0.29) is 0 Å². The Morgan fingerprint density at radius 2 is 1.86 bits per heavy atom. The Morgan fingerprint density at radius 1 is 1.21 bits per heavy atom. The third-order valence-corrected chi connectivity index (χ3v) is 2.63. The fourth-order valence-corrected chi connectivity index (χ4v) is 0.910. The lowest BCUT2D eigenvalue weighted by Gasteiger charge is -2.38. The van der Waals surface area contributed by atoms with Crippen molar-refractivity contribution in [3.05, 3.63) is 24.4 Å². The van der Waals surface area contributed by atoms with E-state index < -0.39 is 11.1 Å². The van der Waals surface area contributed by atoms with Gasteiger partial charge in [-0.15, -0.1) is 0 Å². The first-order valence-corrected chi connectivity index (χ1v) is 4.74. The normalized spacial score (nSPS) is 12.6. The third-order valence-electron chi connectivity index (χ3n) is 2.63. The molecule has 0 saturated heterocycles. The van der Waals surface area contributed by atoms with E-state index in [0.29, 0.717) is 0 Å². The zero-order valence-corrected chi connectivity index (χ0v) is 9.20. The van der Waals surface area contributed by atoms with Crippen LogP contribution in [0.3, 0.4) is 0 Å². The monoisotopic (exact) mass is 194 g/mol. The Hall–Kier alpha value is -1.09. The molecule has 0 aromatic carbocycles. The van der Waals surface area contributed by atoms with Crippen molar-refractivity contribution in [1.29, 1.82) is 0 Å². The summed E-state index contributed by atoms with van der Waals surface area (Å²) in [4.78, 5) is 4.16. The summed E-state index contributed by atoms with van der Waals surface area (Å²) < 4.78 is 0. The van der Waals surface area contributed by atoms with Crippen LogP contribution >= 0.6 is 0 Å². The van der Waals surface area contributed by atoms with Gasteiger partial charge >= 0.3 is 0 Å². The number of pyridine rings is 1. The second-order valence-electron chi connectivity index (χ2n) is 4.52. The molecule has 3 heteroatoms. The molecule has 0 fully saturated rings. The van der Waals surface area contributed by atoms with Crippen LogP contribution in [0.25, 0.3) is 0 Å². The number of nitrogens with zero attached hydrogens (tertiary/aromatic N) is 1. The fourth-order valence-electron chi connectivity index (χ4n) is 0.910. The highest BCUT2D eigenvalue weighted by Gasteiger charge is 2.34.